The van der Waals surface area contributed by atoms with E-state index in [9.17, 15) is 14.7 Å². The van der Waals surface area contributed by atoms with E-state index in [1.165, 1.54) is 11.0 Å². The van der Waals surface area contributed by atoms with Gasteiger partial charge in [0.05, 0.1) is 11.2 Å². The Labute approximate surface area is 149 Å². The molecule has 0 spiro atoms. The number of nitrogens with zero attached hydrogens (tertiary/aromatic N) is 3. The van der Waals surface area contributed by atoms with Crippen molar-refractivity contribution in [2.24, 2.45) is 0 Å². The van der Waals surface area contributed by atoms with Gasteiger partial charge in [0.2, 0.25) is 0 Å². The molecule has 1 saturated heterocycles. The summed E-state index contributed by atoms with van der Waals surface area (Å²) in [5.74, 6) is 0. The largest absolute Gasteiger partial charge is 0.465 e. The quantitative estimate of drug-likeness (QED) is 0.758. The van der Waals surface area contributed by atoms with Gasteiger partial charge in [-0.25, -0.2) is 9.31 Å². The molecule has 134 valence electrons. The normalized spacial score (nSPS) is 20.4. The molecule has 1 atom stereocenters. The molecule has 7 nitrogen and oxygen atoms in total. The summed E-state index contributed by atoms with van der Waals surface area (Å²) in [5, 5.41) is 14.5. The third kappa shape index (κ3) is 2.75. The Morgan fingerprint density at radius 2 is 2.04 bits per heavy atom. The fraction of sp³-hybridized carbons (Fsp3) is 0.316. The maximum Gasteiger partial charge on any atom is 0.408 e. The molecule has 7 heteroatoms. The Morgan fingerprint density at radius 1 is 1.23 bits per heavy atom. The molecule has 1 aromatic carbocycles. The SMILES string of the molecule is O=C(O)N1CCCCC1(Cc1ccccc1)c1cc2[nH]c(=O)ccn2n1. The molecule has 0 aliphatic carbocycles. The third-order valence-electron chi connectivity index (χ3n) is 5.14. The minimum Gasteiger partial charge on any atom is -0.465 e. The van der Waals surface area contributed by atoms with Crippen molar-refractivity contribution >= 4 is 11.7 Å². The summed E-state index contributed by atoms with van der Waals surface area (Å²) in [7, 11) is 0. The van der Waals surface area contributed by atoms with Crippen molar-refractivity contribution in [1.82, 2.24) is 19.5 Å². The number of rotatable bonds is 3. The number of nitrogens with one attached hydrogen (secondary N) is 1. The van der Waals surface area contributed by atoms with Crippen LogP contribution in [0, 0.1) is 0 Å². The topological polar surface area (TPSA) is 90.7 Å². The van der Waals surface area contributed by atoms with Gasteiger partial charge in [-0.05, 0) is 24.8 Å². The van der Waals surface area contributed by atoms with Crippen molar-refractivity contribution in [2.75, 3.05) is 6.54 Å². The van der Waals surface area contributed by atoms with Crippen LogP contribution in [0.3, 0.4) is 0 Å². The number of amides is 1. The van der Waals surface area contributed by atoms with Gasteiger partial charge >= 0.3 is 6.09 Å². The predicted molar refractivity (Wildman–Crippen MR) is 96.2 cm³/mol. The van der Waals surface area contributed by atoms with Gasteiger partial charge in [-0.3, -0.25) is 9.69 Å². The monoisotopic (exact) mass is 352 g/mol. The Kier molecular flexibility index (Phi) is 3.99. The minimum absolute atomic E-state index is 0.209. The van der Waals surface area contributed by atoms with Crippen LogP contribution in [-0.2, 0) is 12.0 Å². The Morgan fingerprint density at radius 3 is 2.81 bits per heavy atom. The molecule has 4 rings (SSSR count). The Bertz CT molecular complexity index is 995. The summed E-state index contributed by atoms with van der Waals surface area (Å²) in [6.07, 6.45) is 3.68. The lowest BCUT2D eigenvalue weighted by Gasteiger charge is -2.44. The average Bonchev–Trinajstić information content (AvgIpc) is 3.06. The lowest BCUT2D eigenvalue weighted by Crippen LogP contribution is -2.53. The van der Waals surface area contributed by atoms with Gasteiger partial charge in [0.15, 0.2) is 0 Å². The molecule has 1 aliphatic rings. The van der Waals surface area contributed by atoms with Gasteiger partial charge in [-0.15, -0.1) is 0 Å². The minimum atomic E-state index is -0.939. The molecule has 0 bridgehead atoms. The number of benzene rings is 1. The summed E-state index contributed by atoms with van der Waals surface area (Å²) in [6.45, 7) is 0.479. The smallest absolute Gasteiger partial charge is 0.408 e. The highest BCUT2D eigenvalue weighted by atomic mass is 16.4. The van der Waals surface area contributed by atoms with Gasteiger partial charge in [0, 0.05) is 31.3 Å². The van der Waals surface area contributed by atoms with Crippen LogP contribution in [0.2, 0.25) is 0 Å². The molecular weight excluding hydrogens is 332 g/mol. The average molecular weight is 352 g/mol. The van der Waals surface area contributed by atoms with E-state index in [4.69, 9.17) is 0 Å². The number of hydrogen-bond donors (Lipinski definition) is 2. The fourth-order valence-electron chi connectivity index (χ4n) is 3.92. The highest BCUT2D eigenvalue weighted by molar-refractivity contribution is 5.67. The molecule has 1 unspecified atom stereocenters. The van der Waals surface area contributed by atoms with Crippen molar-refractivity contribution in [3.63, 3.8) is 0 Å². The summed E-state index contributed by atoms with van der Waals surface area (Å²) >= 11 is 0. The van der Waals surface area contributed by atoms with E-state index >= 15 is 0 Å². The second kappa shape index (κ2) is 6.33. The third-order valence-corrected chi connectivity index (χ3v) is 5.14. The lowest BCUT2D eigenvalue weighted by molar-refractivity contribution is 0.0415. The number of carboxylic acid groups (broad SMARTS) is 1. The molecule has 1 amide bonds. The van der Waals surface area contributed by atoms with E-state index in [2.05, 4.69) is 10.1 Å². The molecule has 1 aliphatic heterocycles. The first-order chi connectivity index (χ1) is 12.6. The van der Waals surface area contributed by atoms with Gasteiger partial charge in [-0.2, -0.15) is 5.10 Å². The van der Waals surface area contributed by atoms with E-state index < -0.39 is 11.6 Å². The lowest BCUT2D eigenvalue weighted by atomic mass is 9.79. The van der Waals surface area contributed by atoms with Crippen LogP contribution >= 0.6 is 0 Å². The standard InChI is InChI=1S/C19H20N4O3/c24-17-8-11-23-16(20-17)12-15(21-23)19(13-14-6-2-1-3-7-14)9-4-5-10-22(19)18(25)26/h1-3,6-8,11-12H,4-5,9-10,13H2,(H,20,24)(H,25,26). The first kappa shape index (κ1) is 16.4. The molecule has 2 N–H and O–H groups in total. The summed E-state index contributed by atoms with van der Waals surface area (Å²) in [6, 6.07) is 13.1. The van der Waals surface area contributed by atoms with Gasteiger partial charge in [0.25, 0.3) is 5.56 Å². The first-order valence-electron chi connectivity index (χ1n) is 8.72. The van der Waals surface area contributed by atoms with Crippen LogP contribution < -0.4 is 5.56 Å². The van der Waals surface area contributed by atoms with E-state index in [1.54, 1.807) is 16.8 Å². The van der Waals surface area contributed by atoms with Crippen LogP contribution in [0.25, 0.3) is 5.65 Å². The zero-order valence-corrected chi connectivity index (χ0v) is 14.3. The van der Waals surface area contributed by atoms with Crippen molar-refractivity contribution in [1.29, 1.82) is 0 Å². The van der Waals surface area contributed by atoms with E-state index in [-0.39, 0.29) is 5.56 Å². The van der Waals surface area contributed by atoms with Gasteiger partial charge in [-0.1, -0.05) is 30.3 Å². The summed E-state index contributed by atoms with van der Waals surface area (Å²) in [5.41, 5.74) is 1.35. The number of H-pyrrole nitrogens is 1. The van der Waals surface area contributed by atoms with Crippen LogP contribution in [-0.4, -0.2) is 37.2 Å². The highest BCUT2D eigenvalue weighted by Gasteiger charge is 2.45. The number of likely N-dealkylation sites (tertiary alicyclic amines) is 1. The van der Waals surface area contributed by atoms with Gasteiger partial charge < -0.3 is 10.1 Å². The molecule has 1 fully saturated rings. The maximum absolute atomic E-state index is 12.0. The first-order valence-corrected chi connectivity index (χ1v) is 8.72. The number of piperidine rings is 1. The fourth-order valence-corrected chi connectivity index (χ4v) is 3.92. The second-order valence-electron chi connectivity index (χ2n) is 6.75. The molecular formula is C19H20N4O3. The predicted octanol–water partition coefficient (Wildman–Crippen LogP) is 2.62. The molecule has 0 radical (unpaired) electrons. The maximum atomic E-state index is 12.0. The number of aromatic amines is 1. The molecule has 2 aromatic heterocycles. The highest BCUT2D eigenvalue weighted by Crippen LogP contribution is 2.40. The number of carbonyl (C=O) groups is 1. The Balaban J connectivity index is 1.88. The number of fused-ring (bicyclic) bond motifs is 1. The zero-order valence-electron chi connectivity index (χ0n) is 14.3. The Hall–Kier alpha value is -3.09. The van der Waals surface area contributed by atoms with Crippen molar-refractivity contribution in [2.45, 2.75) is 31.2 Å². The van der Waals surface area contributed by atoms with E-state index in [0.29, 0.717) is 30.7 Å². The summed E-state index contributed by atoms with van der Waals surface area (Å²) in [4.78, 5) is 27.9. The van der Waals surface area contributed by atoms with Crippen LogP contribution in [0.1, 0.15) is 30.5 Å². The van der Waals surface area contributed by atoms with Crippen molar-refractivity contribution in [3.05, 3.63) is 70.3 Å². The molecule has 3 heterocycles. The summed E-state index contributed by atoms with van der Waals surface area (Å²) < 4.78 is 1.60. The van der Waals surface area contributed by atoms with Crippen LogP contribution in [0.5, 0.6) is 0 Å². The molecule has 3 aromatic rings. The van der Waals surface area contributed by atoms with Crippen molar-refractivity contribution < 1.29 is 9.90 Å². The van der Waals surface area contributed by atoms with Crippen LogP contribution in [0.15, 0.2) is 53.5 Å². The number of hydrogen-bond acceptors (Lipinski definition) is 3. The zero-order chi connectivity index (χ0) is 18.1. The second-order valence-corrected chi connectivity index (χ2v) is 6.75. The number of aromatic nitrogens is 3. The van der Waals surface area contributed by atoms with Crippen LogP contribution in [0.4, 0.5) is 4.79 Å². The van der Waals surface area contributed by atoms with Crippen molar-refractivity contribution in [3.8, 4) is 0 Å². The molecule has 26 heavy (non-hydrogen) atoms. The van der Waals surface area contributed by atoms with E-state index in [0.717, 1.165) is 18.4 Å². The molecule has 0 saturated carbocycles. The van der Waals surface area contributed by atoms with Gasteiger partial charge in [0.1, 0.15) is 5.65 Å². The van der Waals surface area contributed by atoms with E-state index in [1.807, 2.05) is 30.3 Å².